The molecule has 1 saturated carbocycles. The van der Waals surface area contributed by atoms with E-state index in [2.05, 4.69) is 5.32 Å². The van der Waals surface area contributed by atoms with E-state index in [1.54, 1.807) is 0 Å². The number of amides is 2. The van der Waals surface area contributed by atoms with Gasteiger partial charge in [0.25, 0.3) is 0 Å². The van der Waals surface area contributed by atoms with Crippen LogP contribution in [0.1, 0.15) is 78.3 Å². The van der Waals surface area contributed by atoms with Crippen LogP contribution in [0.2, 0.25) is 0 Å². The lowest BCUT2D eigenvalue weighted by Gasteiger charge is -2.27. The number of urea groups is 1. The molecule has 0 spiro atoms. The van der Waals surface area contributed by atoms with Gasteiger partial charge in [0, 0.05) is 12.1 Å². The van der Waals surface area contributed by atoms with E-state index in [-0.39, 0.29) is 23.5 Å². The molecule has 2 N–H and O–H groups in total. The molecule has 6 rings (SSSR count). The number of carboxylic acids is 1. The van der Waals surface area contributed by atoms with E-state index in [9.17, 15) is 49.1 Å². The minimum absolute atomic E-state index is 0.0900. The van der Waals surface area contributed by atoms with E-state index in [4.69, 9.17) is 9.84 Å². The van der Waals surface area contributed by atoms with E-state index in [1.165, 1.54) is 24.1 Å². The molecular formula is C35H33F9N2O4. The van der Waals surface area contributed by atoms with Crippen molar-refractivity contribution in [1.82, 2.24) is 10.2 Å². The largest absolute Gasteiger partial charge is 0.496 e. The van der Waals surface area contributed by atoms with E-state index in [0.29, 0.717) is 55.7 Å². The summed E-state index contributed by atoms with van der Waals surface area (Å²) in [6, 6.07) is 10.5. The van der Waals surface area contributed by atoms with Crippen LogP contribution >= 0.6 is 0 Å². The van der Waals surface area contributed by atoms with Gasteiger partial charge in [0.15, 0.2) is 0 Å². The highest BCUT2D eigenvalue weighted by molar-refractivity contribution is 5.78. The average molecular weight is 717 g/mol. The summed E-state index contributed by atoms with van der Waals surface area (Å²) >= 11 is 0. The molecule has 2 atom stereocenters. The zero-order valence-electron chi connectivity index (χ0n) is 26.6. The third-order valence-electron chi connectivity index (χ3n) is 9.49. The van der Waals surface area contributed by atoms with Crippen molar-refractivity contribution in [2.75, 3.05) is 13.7 Å². The Bertz CT molecular complexity index is 1660. The number of methoxy groups -OCH3 is 1. The maximum atomic E-state index is 12.9. The fourth-order valence-corrected chi connectivity index (χ4v) is 6.88. The summed E-state index contributed by atoms with van der Waals surface area (Å²) in [7, 11) is 1.53. The highest BCUT2D eigenvalue weighted by Gasteiger charge is 2.45. The van der Waals surface area contributed by atoms with Gasteiger partial charge >= 0.3 is 30.5 Å². The summed E-state index contributed by atoms with van der Waals surface area (Å²) in [6.07, 6.45) is -10.1. The van der Waals surface area contributed by atoms with Crippen LogP contribution in [0.5, 0.6) is 5.75 Å². The molecule has 2 saturated heterocycles. The first-order chi connectivity index (χ1) is 23.4. The molecule has 2 heterocycles. The van der Waals surface area contributed by atoms with Gasteiger partial charge in [-0.25, -0.2) is 4.79 Å². The summed E-state index contributed by atoms with van der Waals surface area (Å²) < 4.78 is 121. The number of hydrogen-bond acceptors (Lipinski definition) is 3. The number of rotatable bonds is 5. The third kappa shape index (κ3) is 8.13. The SMILES string of the molecule is COc1ccc(C2CCC(C(=O)O)CC2)cc1-c1ccc(C(F)(F)F)cc1.O=C1N[C@H](c2cc(C(F)(F)F)cc(C(F)(F)F)c2)C2CCCN12. The molecule has 50 heavy (non-hydrogen) atoms. The Morgan fingerprint density at radius 1 is 0.760 bits per heavy atom. The van der Waals surface area contributed by atoms with Crippen molar-refractivity contribution in [3.63, 3.8) is 0 Å². The minimum Gasteiger partial charge on any atom is -0.496 e. The average Bonchev–Trinajstić information content (AvgIpc) is 3.67. The molecule has 0 radical (unpaired) electrons. The molecule has 2 amide bonds. The number of carbonyl (C=O) groups excluding carboxylic acids is 1. The lowest BCUT2D eigenvalue weighted by atomic mass is 9.78. The zero-order valence-corrected chi connectivity index (χ0v) is 26.6. The molecule has 3 aromatic rings. The molecule has 3 aromatic carbocycles. The molecule has 0 bridgehead atoms. The van der Waals surface area contributed by atoms with Crippen molar-refractivity contribution in [2.45, 2.75) is 75.1 Å². The Balaban J connectivity index is 0.000000197. The highest BCUT2D eigenvalue weighted by atomic mass is 19.4. The fraction of sp³-hybridized carbons (Fsp3) is 0.429. The van der Waals surface area contributed by atoms with Gasteiger partial charge in [0.05, 0.1) is 41.8 Å². The fourth-order valence-electron chi connectivity index (χ4n) is 6.88. The first-order valence-electron chi connectivity index (χ1n) is 15.8. The number of fused-ring (bicyclic) bond motifs is 1. The van der Waals surface area contributed by atoms with Crippen molar-refractivity contribution in [2.24, 2.45) is 5.92 Å². The van der Waals surface area contributed by atoms with Gasteiger partial charge in [-0.15, -0.1) is 0 Å². The number of nitrogens with zero attached hydrogens (tertiary/aromatic N) is 1. The third-order valence-corrected chi connectivity index (χ3v) is 9.49. The Morgan fingerprint density at radius 3 is 1.86 bits per heavy atom. The van der Waals surface area contributed by atoms with Gasteiger partial charge in [-0.3, -0.25) is 4.79 Å². The quantitative estimate of drug-likeness (QED) is 0.258. The van der Waals surface area contributed by atoms with E-state index < -0.39 is 59.3 Å². The van der Waals surface area contributed by atoms with Crippen LogP contribution < -0.4 is 10.1 Å². The van der Waals surface area contributed by atoms with Crippen LogP contribution in [0.3, 0.4) is 0 Å². The van der Waals surface area contributed by atoms with Gasteiger partial charge < -0.3 is 20.1 Å². The second-order valence-electron chi connectivity index (χ2n) is 12.6. The predicted molar refractivity (Wildman–Crippen MR) is 163 cm³/mol. The summed E-state index contributed by atoms with van der Waals surface area (Å²) in [5.41, 5.74) is -1.14. The molecule has 3 aliphatic rings. The Kier molecular flexibility index (Phi) is 10.4. The number of alkyl halides is 9. The number of benzene rings is 3. The van der Waals surface area contributed by atoms with Crippen molar-refractivity contribution >= 4 is 12.0 Å². The van der Waals surface area contributed by atoms with Gasteiger partial charge in [0.1, 0.15) is 5.75 Å². The molecule has 2 aliphatic heterocycles. The maximum absolute atomic E-state index is 12.9. The predicted octanol–water partition coefficient (Wildman–Crippen LogP) is 9.69. The van der Waals surface area contributed by atoms with Gasteiger partial charge in [-0.05, 0) is 104 Å². The second-order valence-corrected chi connectivity index (χ2v) is 12.6. The maximum Gasteiger partial charge on any atom is 0.416 e. The smallest absolute Gasteiger partial charge is 0.416 e. The molecule has 6 nitrogen and oxygen atoms in total. The first-order valence-corrected chi connectivity index (χ1v) is 15.8. The van der Waals surface area contributed by atoms with Gasteiger partial charge in [-0.2, -0.15) is 39.5 Å². The lowest BCUT2D eigenvalue weighted by molar-refractivity contribution is -0.144. The standard InChI is InChI=1S/C21H21F3O3.C14H12F6N2O/c1-27-19-11-8-16(13-2-4-15(5-3-13)20(25)26)12-18(19)14-6-9-17(10-7-14)21(22,23)24;15-13(16,17)8-4-7(5-9(6-8)14(18,19)20)11-10-2-1-3-22(10)12(23)21-11/h6-13,15H,2-5H2,1H3,(H,25,26);4-6,10-11H,1-3H2,(H,21,23)/t;10?,11-/m.1/s1. The molecule has 1 unspecified atom stereocenters. The number of hydrogen-bond donors (Lipinski definition) is 2. The number of ether oxygens (including phenoxy) is 1. The summed E-state index contributed by atoms with van der Waals surface area (Å²) in [4.78, 5) is 24.4. The van der Waals surface area contributed by atoms with E-state index in [1.807, 2.05) is 18.2 Å². The lowest BCUT2D eigenvalue weighted by Crippen LogP contribution is -2.28. The van der Waals surface area contributed by atoms with Crippen LogP contribution in [0.15, 0.2) is 60.7 Å². The summed E-state index contributed by atoms with van der Waals surface area (Å²) in [5, 5.41) is 11.6. The number of halogens is 9. The number of carboxylic acid groups (broad SMARTS) is 1. The Morgan fingerprint density at radius 2 is 1.34 bits per heavy atom. The van der Waals surface area contributed by atoms with E-state index in [0.717, 1.165) is 36.1 Å². The van der Waals surface area contributed by atoms with Gasteiger partial charge in [0.2, 0.25) is 0 Å². The zero-order chi connectivity index (χ0) is 36.6. The van der Waals surface area contributed by atoms with E-state index >= 15 is 0 Å². The Labute approximate surface area is 281 Å². The number of nitrogens with one attached hydrogen (secondary N) is 1. The van der Waals surface area contributed by atoms with Crippen LogP contribution in [0, 0.1) is 5.92 Å². The van der Waals surface area contributed by atoms with Crippen LogP contribution in [0.25, 0.3) is 11.1 Å². The second kappa shape index (κ2) is 14.1. The highest BCUT2D eigenvalue weighted by Crippen LogP contribution is 2.42. The van der Waals surface area contributed by atoms with Crippen LogP contribution in [-0.2, 0) is 23.3 Å². The molecule has 3 fully saturated rings. The summed E-state index contributed by atoms with van der Waals surface area (Å²) in [6.45, 7) is 0.456. The normalized spacial score (nSPS) is 22.4. The summed E-state index contributed by atoms with van der Waals surface area (Å²) in [5.74, 6) is -0.181. The van der Waals surface area contributed by atoms with Crippen molar-refractivity contribution in [3.8, 4) is 16.9 Å². The van der Waals surface area contributed by atoms with Crippen molar-refractivity contribution < 1.29 is 58.9 Å². The molecule has 15 heteroatoms. The number of aliphatic carboxylic acids is 1. The molecule has 1 aliphatic carbocycles. The molecule has 0 aromatic heterocycles. The topological polar surface area (TPSA) is 78.9 Å². The molecule has 270 valence electrons. The van der Waals surface area contributed by atoms with Crippen molar-refractivity contribution in [1.29, 1.82) is 0 Å². The van der Waals surface area contributed by atoms with Gasteiger partial charge in [-0.1, -0.05) is 18.2 Å². The van der Waals surface area contributed by atoms with Crippen LogP contribution in [-0.4, -0.2) is 41.7 Å². The Hall–Kier alpha value is -4.43. The minimum atomic E-state index is -4.89. The monoisotopic (exact) mass is 716 g/mol. The molecular weight excluding hydrogens is 683 g/mol. The van der Waals surface area contributed by atoms with Crippen molar-refractivity contribution in [3.05, 3.63) is 88.5 Å². The number of carbonyl (C=O) groups is 2. The first kappa shape index (κ1) is 36.8. The van der Waals surface area contributed by atoms with Crippen LogP contribution in [0.4, 0.5) is 44.3 Å².